The van der Waals surface area contributed by atoms with Gasteiger partial charge in [0.25, 0.3) is 0 Å². The predicted molar refractivity (Wildman–Crippen MR) is 74.4 cm³/mol. The first kappa shape index (κ1) is 14.1. The fourth-order valence-corrected chi connectivity index (χ4v) is 2.87. The van der Waals surface area contributed by atoms with Crippen LogP contribution in [0.25, 0.3) is 0 Å². The maximum absolute atomic E-state index is 12.1. The van der Waals surface area contributed by atoms with Crippen LogP contribution in [0, 0.1) is 11.8 Å². The third-order valence-electron chi connectivity index (χ3n) is 3.99. The first-order valence-corrected chi connectivity index (χ1v) is 7.27. The van der Waals surface area contributed by atoms with Crippen molar-refractivity contribution >= 4 is 5.91 Å². The molecule has 1 fully saturated rings. The highest BCUT2D eigenvalue weighted by molar-refractivity contribution is 5.79. The van der Waals surface area contributed by atoms with Crippen LogP contribution in [0.2, 0.25) is 0 Å². The fraction of sp³-hybridized carbons (Fsp3) is 0.714. The average Bonchev–Trinajstić information content (AvgIpc) is 2.96. The molecule has 2 unspecified atom stereocenters. The molecule has 0 saturated heterocycles. The van der Waals surface area contributed by atoms with E-state index in [-0.39, 0.29) is 11.8 Å². The third-order valence-corrected chi connectivity index (χ3v) is 3.99. The Balaban J connectivity index is 1.68. The molecule has 2 atom stereocenters. The van der Waals surface area contributed by atoms with Crippen LogP contribution in [0.15, 0.2) is 12.4 Å². The standard InChI is InChI=1S/C14H24N4O/c15-10-11-4-1-2-5-12(11)14(19)18-7-3-6-13-16-8-9-17-13/h8-9,11-12H,1-7,10,15H2,(H,16,17)(H,18,19). The Morgan fingerprint density at radius 1 is 1.47 bits per heavy atom. The van der Waals surface area contributed by atoms with E-state index in [1.165, 1.54) is 6.42 Å². The van der Waals surface area contributed by atoms with E-state index in [2.05, 4.69) is 15.3 Å². The van der Waals surface area contributed by atoms with Gasteiger partial charge in [0.05, 0.1) is 0 Å². The predicted octanol–water partition coefficient (Wildman–Crippen LogP) is 1.22. The van der Waals surface area contributed by atoms with Gasteiger partial charge < -0.3 is 16.0 Å². The van der Waals surface area contributed by atoms with Crippen LogP contribution in [-0.4, -0.2) is 29.0 Å². The van der Waals surface area contributed by atoms with Gasteiger partial charge >= 0.3 is 0 Å². The summed E-state index contributed by atoms with van der Waals surface area (Å²) in [6, 6.07) is 0. The van der Waals surface area contributed by atoms with Gasteiger partial charge in [-0.15, -0.1) is 0 Å². The number of aromatic nitrogens is 2. The van der Waals surface area contributed by atoms with Crippen LogP contribution in [0.1, 0.15) is 37.9 Å². The molecule has 5 heteroatoms. The molecule has 2 rings (SSSR count). The molecule has 5 nitrogen and oxygen atoms in total. The topological polar surface area (TPSA) is 83.8 Å². The van der Waals surface area contributed by atoms with E-state index in [0.29, 0.717) is 19.0 Å². The number of amides is 1. The van der Waals surface area contributed by atoms with Crippen molar-refractivity contribution in [3.63, 3.8) is 0 Å². The van der Waals surface area contributed by atoms with Crippen molar-refractivity contribution in [1.82, 2.24) is 15.3 Å². The summed E-state index contributed by atoms with van der Waals surface area (Å²) in [6.07, 6.45) is 9.82. The van der Waals surface area contributed by atoms with E-state index < -0.39 is 0 Å². The maximum atomic E-state index is 12.1. The number of aromatic amines is 1. The largest absolute Gasteiger partial charge is 0.356 e. The Labute approximate surface area is 114 Å². The van der Waals surface area contributed by atoms with Crippen molar-refractivity contribution in [3.8, 4) is 0 Å². The zero-order valence-electron chi connectivity index (χ0n) is 11.4. The average molecular weight is 264 g/mol. The van der Waals surface area contributed by atoms with Crippen molar-refractivity contribution in [1.29, 1.82) is 0 Å². The van der Waals surface area contributed by atoms with E-state index in [1.54, 1.807) is 6.20 Å². The lowest BCUT2D eigenvalue weighted by Gasteiger charge is -2.29. The van der Waals surface area contributed by atoms with Gasteiger partial charge in [-0.2, -0.15) is 0 Å². The van der Waals surface area contributed by atoms with Gasteiger partial charge in [0.1, 0.15) is 5.82 Å². The molecule has 1 aromatic rings. The zero-order chi connectivity index (χ0) is 13.5. The second-order valence-electron chi connectivity index (χ2n) is 5.32. The zero-order valence-corrected chi connectivity index (χ0v) is 11.4. The van der Waals surface area contributed by atoms with Gasteiger partial charge in [-0.25, -0.2) is 4.98 Å². The van der Waals surface area contributed by atoms with Crippen LogP contribution < -0.4 is 11.1 Å². The summed E-state index contributed by atoms with van der Waals surface area (Å²) in [5.41, 5.74) is 5.76. The maximum Gasteiger partial charge on any atom is 0.223 e. The molecule has 1 aliphatic carbocycles. The number of carbonyl (C=O) groups is 1. The van der Waals surface area contributed by atoms with E-state index in [4.69, 9.17) is 5.73 Å². The van der Waals surface area contributed by atoms with Crippen LogP contribution >= 0.6 is 0 Å². The first-order chi connectivity index (χ1) is 9.31. The number of nitrogens with two attached hydrogens (primary N) is 1. The number of hydrogen-bond donors (Lipinski definition) is 3. The van der Waals surface area contributed by atoms with Crippen molar-refractivity contribution in [2.24, 2.45) is 17.6 Å². The number of aryl methyl sites for hydroxylation is 1. The molecule has 1 amide bonds. The lowest BCUT2D eigenvalue weighted by molar-refractivity contribution is -0.127. The quantitative estimate of drug-likeness (QED) is 0.676. The van der Waals surface area contributed by atoms with Gasteiger partial charge in [0, 0.05) is 31.3 Å². The Morgan fingerprint density at radius 3 is 3.05 bits per heavy atom. The highest BCUT2D eigenvalue weighted by Crippen LogP contribution is 2.29. The van der Waals surface area contributed by atoms with Crippen molar-refractivity contribution in [2.75, 3.05) is 13.1 Å². The Bertz CT molecular complexity index is 377. The summed E-state index contributed by atoms with van der Waals surface area (Å²) in [5, 5.41) is 3.04. The smallest absolute Gasteiger partial charge is 0.223 e. The molecule has 19 heavy (non-hydrogen) atoms. The normalized spacial score (nSPS) is 23.2. The van der Waals surface area contributed by atoms with Crippen LogP contribution in [0.3, 0.4) is 0 Å². The molecule has 1 aliphatic rings. The molecule has 1 aromatic heterocycles. The summed E-state index contributed by atoms with van der Waals surface area (Å²) < 4.78 is 0. The second kappa shape index (κ2) is 7.28. The molecular formula is C14H24N4O. The minimum absolute atomic E-state index is 0.127. The molecule has 0 aliphatic heterocycles. The first-order valence-electron chi connectivity index (χ1n) is 7.27. The number of nitrogens with zero attached hydrogens (tertiary/aromatic N) is 1. The third kappa shape index (κ3) is 4.06. The van der Waals surface area contributed by atoms with E-state index in [1.807, 2.05) is 6.20 Å². The monoisotopic (exact) mass is 264 g/mol. The number of hydrogen-bond acceptors (Lipinski definition) is 3. The van der Waals surface area contributed by atoms with Gasteiger partial charge in [-0.3, -0.25) is 4.79 Å². The molecule has 1 heterocycles. The summed E-state index contributed by atoms with van der Waals surface area (Å²) in [5.74, 6) is 1.67. The summed E-state index contributed by atoms with van der Waals surface area (Å²) in [6.45, 7) is 1.35. The van der Waals surface area contributed by atoms with Crippen molar-refractivity contribution in [2.45, 2.75) is 38.5 Å². The molecule has 0 aromatic carbocycles. The molecule has 1 saturated carbocycles. The minimum Gasteiger partial charge on any atom is -0.356 e. The van der Waals surface area contributed by atoms with E-state index >= 15 is 0 Å². The number of imidazole rings is 1. The summed E-state index contributed by atoms with van der Waals surface area (Å²) >= 11 is 0. The van der Waals surface area contributed by atoms with Gasteiger partial charge in [0.2, 0.25) is 5.91 Å². The number of nitrogens with one attached hydrogen (secondary N) is 2. The molecule has 0 bridgehead atoms. The highest BCUT2D eigenvalue weighted by atomic mass is 16.1. The van der Waals surface area contributed by atoms with E-state index in [9.17, 15) is 4.79 Å². The Hall–Kier alpha value is -1.36. The Morgan fingerprint density at radius 2 is 2.32 bits per heavy atom. The molecule has 106 valence electrons. The second-order valence-corrected chi connectivity index (χ2v) is 5.32. The number of H-pyrrole nitrogens is 1. The van der Waals surface area contributed by atoms with Gasteiger partial charge in [-0.1, -0.05) is 12.8 Å². The van der Waals surface area contributed by atoms with E-state index in [0.717, 1.165) is 37.9 Å². The highest BCUT2D eigenvalue weighted by Gasteiger charge is 2.29. The summed E-state index contributed by atoms with van der Waals surface area (Å²) in [7, 11) is 0. The molecular weight excluding hydrogens is 240 g/mol. The number of carbonyl (C=O) groups excluding carboxylic acids is 1. The molecule has 0 radical (unpaired) electrons. The van der Waals surface area contributed by atoms with Crippen LogP contribution in [0.5, 0.6) is 0 Å². The van der Waals surface area contributed by atoms with Crippen molar-refractivity contribution < 1.29 is 4.79 Å². The SMILES string of the molecule is NCC1CCCCC1C(=O)NCCCc1ncc[nH]1. The van der Waals surface area contributed by atoms with Crippen LogP contribution in [0.4, 0.5) is 0 Å². The minimum atomic E-state index is 0.127. The lowest BCUT2D eigenvalue weighted by atomic mass is 9.79. The van der Waals surface area contributed by atoms with Crippen LogP contribution in [-0.2, 0) is 11.2 Å². The molecule has 0 spiro atoms. The molecule has 4 N–H and O–H groups in total. The lowest BCUT2D eigenvalue weighted by Crippen LogP contribution is -2.39. The van der Waals surface area contributed by atoms with Gasteiger partial charge in [-0.05, 0) is 31.7 Å². The summed E-state index contributed by atoms with van der Waals surface area (Å²) in [4.78, 5) is 19.4. The van der Waals surface area contributed by atoms with Crippen molar-refractivity contribution in [3.05, 3.63) is 18.2 Å². The Kier molecular flexibility index (Phi) is 5.39. The fourth-order valence-electron chi connectivity index (χ4n) is 2.87. The number of rotatable bonds is 6. The van der Waals surface area contributed by atoms with Gasteiger partial charge in [0.15, 0.2) is 0 Å².